The Labute approximate surface area is 288 Å². The van der Waals surface area contributed by atoms with Crippen LogP contribution in [0.4, 0.5) is 0 Å². The molecule has 3 heterocycles. The zero-order valence-corrected chi connectivity index (χ0v) is 27.3. The number of allylic oxidation sites excluding steroid dienone is 3. The van der Waals surface area contributed by atoms with Crippen LogP contribution in [0.1, 0.15) is 28.8 Å². The average molecular weight is 646 g/mol. The number of pyridine rings is 1. The van der Waals surface area contributed by atoms with Crippen LogP contribution in [0.2, 0.25) is 0 Å². The van der Waals surface area contributed by atoms with Gasteiger partial charge in [0.25, 0.3) is 0 Å². The molecule has 7 aromatic rings. The Bertz CT molecular complexity index is 2640. The number of aromatic nitrogens is 1. The second-order valence-corrected chi connectivity index (χ2v) is 13.7. The lowest BCUT2D eigenvalue weighted by Gasteiger charge is -2.18. The minimum absolute atomic E-state index is 0.189. The Morgan fingerprint density at radius 3 is 2.22 bits per heavy atom. The molecule has 230 valence electrons. The van der Waals surface area contributed by atoms with Gasteiger partial charge in [-0.1, -0.05) is 84.9 Å². The third kappa shape index (κ3) is 4.96. The van der Waals surface area contributed by atoms with Crippen molar-refractivity contribution in [1.82, 2.24) is 4.98 Å². The fraction of sp³-hybridized carbons (Fsp3) is 0.0682. The molecule has 0 amide bonds. The zero-order valence-electron chi connectivity index (χ0n) is 26.5. The largest absolute Gasteiger partial charge is 0.302 e. The summed E-state index contributed by atoms with van der Waals surface area (Å²) in [6.45, 7) is 0. The maximum atomic E-state index is 9.42. The lowest BCUT2D eigenvalue weighted by atomic mass is 9.85. The van der Waals surface area contributed by atoms with Crippen LogP contribution in [0.15, 0.2) is 128 Å². The molecular weight excluding hydrogens is 617 g/mol. The van der Waals surface area contributed by atoms with Crippen LogP contribution in [0.5, 0.6) is 0 Å². The van der Waals surface area contributed by atoms with Crippen LogP contribution >= 0.6 is 11.3 Å². The molecular formula is C44H29N4S+. The van der Waals surface area contributed by atoms with Gasteiger partial charge in [0.2, 0.25) is 0 Å². The Morgan fingerprint density at radius 1 is 0.714 bits per heavy atom. The minimum atomic E-state index is -0.189. The monoisotopic (exact) mass is 645 g/mol. The van der Waals surface area contributed by atoms with Crippen molar-refractivity contribution in [3.8, 4) is 45.5 Å². The molecule has 5 heteroatoms. The molecule has 0 saturated heterocycles. The van der Waals surface area contributed by atoms with Gasteiger partial charge < -0.3 is 5.32 Å². The number of hydrogen-bond acceptors (Lipinski definition) is 4. The Morgan fingerprint density at radius 2 is 1.43 bits per heavy atom. The van der Waals surface area contributed by atoms with Gasteiger partial charge in [-0.2, -0.15) is 10.5 Å². The summed E-state index contributed by atoms with van der Waals surface area (Å²) in [4.78, 5) is 4.13. The molecule has 4 nitrogen and oxygen atoms in total. The van der Waals surface area contributed by atoms with Crippen LogP contribution in [0, 0.1) is 22.7 Å². The van der Waals surface area contributed by atoms with Crippen LogP contribution in [0.3, 0.4) is 0 Å². The van der Waals surface area contributed by atoms with Gasteiger partial charge in [-0.25, -0.2) is 4.98 Å². The van der Waals surface area contributed by atoms with Crippen molar-refractivity contribution >= 4 is 53.9 Å². The highest BCUT2D eigenvalue weighted by atomic mass is 32.1. The molecule has 5 aromatic carbocycles. The summed E-state index contributed by atoms with van der Waals surface area (Å²) >= 11 is 1.89. The maximum Gasteiger partial charge on any atom is 0.197 e. The fourth-order valence-corrected chi connectivity index (χ4v) is 8.69. The molecule has 1 aliphatic carbocycles. The summed E-state index contributed by atoms with van der Waals surface area (Å²) in [7, 11) is 0. The number of hydrogen-bond donors (Lipinski definition) is 1. The molecule has 1 unspecified atom stereocenters. The van der Waals surface area contributed by atoms with Gasteiger partial charge in [-0.15, -0.1) is 11.3 Å². The van der Waals surface area contributed by atoms with E-state index in [9.17, 15) is 10.5 Å². The molecule has 0 spiro atoms. The summed E-state index contributed by atoms with van der Waals surface area (Å²) in [5.74, 6) is 0. The van der Waals surface area contributed by atoms with Crippen molar-refractivity contribution in [2.45, 2.75) is 18.9 Å². The van der Waals surface area contributed by atoms with Gasteiger partial charge in [0.05, 0.1) is 6.20 Å². The second-order valence-electron chi connectivity index (χ2n) is 12.6. The van der Waals surface area contributed by atoms with Crippen LogP contribution in [0.25, 0.3) is 76.0 Å². The van der Waals surface area contributed by atoms with E-state index in [1.54, 1.807) is 6.20 Å². The summed E-state index contributed by atoms with van der Waals surface area (Å²) in [6, 6.07) is 39.2. The Kier molecular flexibility index (Phi) is 7.03. The SMILES string of the molecule is N#Cc1cc(-c2ccc(-c3cc4sc5cc(-c6ccc(C7=CC(C#N)[NH2+]C=C7)cc6)c6ccccc6c5c4c4c3C=CCC4)cc2)ccn1. The smallest absolute Gasteiger partial charge is 0.197 e. The number of nitrogens with zero attached hydrogens (tertiary/aromatic N) is 3. The fourth-order valence-electron chi connectivity index (χ4n) is 7.46. The van der Waals surface area contributed by atoms with Gasteiger partial charge >= 0.3 is 0 Å². The predicted octanol–water partition coefficient (Wildman–Crippen LogP) is 9.80. The van der Waals surface area contributed by atoms with Gasteiger partial charge in [0.15, 0.2) is 6.04 Å². The summed E-state index contributed by atoms with van der Waals surface area (Å²) in [5.41, 5.74) is 12.3. The number of fused-ring (bicyclic) bond motifs is 7. The molecule has 0 saturated carbocycles. The van der Waals surface area contributed by atoms with Crippen molar-refractivity contribution < 1.29 is 5.32 Å². The normalized spacial score (nSPS) is 15.2. The first-order valence-electron chi connectivity index (χ1n) is 16.5. The molecule has 2 N–H and O–H groups in total. The summed E-state index contributed by atoms with van der Waals surface area (Å²) in [6.07, 6.45) is 14.4. The first kappa shape index (κ1) is 29.1. The molecule has 0 fully saturated rings. The van der Waals surface area contributed by atoms with Crippen molar-refractivity contribution in [1.29, 1.82) is 10.5 Å². The number of aryl methyl sites for hydroxylation is 1. The first-order valence-corrected chi connectivity index (χ1v) is 17.3. The quantitative estimate of drug-likeness (QED) is 0.207. The van der Waals surface area contributed by atoms with E-state index in [-0.39, 0.29) is 6.04 Å². The number of quaternary nitrogens is 1. The number of benzene rings is 5. The van der Waals surface area contributed by atoms with Gasteiger partial charge in [-0.3, -0.25) is 0 Å². The lowest BCUT2D eigenvalue weighted by Crippen LogP contribution is -2.84. The third-order valence-corrected chi connectivity index (χ3v) is 10.9. The summed E-state index contributed by atoms with van der Waals surface area (Å²) in [5, 5.41) is 26.0. The molecule has 49 heavy (non-hydrogen) atoms. The number of thiophene rings is 1. The van der Waals surface area contributed by atoms with E-state index in [4.69, 9.17) is 0 Å². The van der Waals surface area contributed by atoms with E-state index in [1.807, 2.05) is 41.1 Å². The number of rotatable bonds is 4. The van der Waals surface area contributed by atoms with E-state index in [0.717, 1.165) is 35.1 Å². The van der Waals surface area contributed by atoms with Crippen molar-refractivity contribution in [3.05, 3.63) is 150 Å². The topological polar surface area (TPSA) is 77.1 Å². The summed E-state index contributed by atoms with van der Waals surface area (Å²) < 4.78 is 2.61. The molecule has 1 atom stereocenters. The highest BCUT2D eigenvalue weighted by Crippen LogP contribution is 2.48. The molecule has 0 bridgehead atoms. The maximum absolute atomic E-state index is 9.42. The van der Waals surface area contributed by atoms with E-state index in [0.29, 0.717) is 5.69 Å². The van der Waals surface area contributed by atoms with Gasteiger partial charge in [0.1, 0.15) is 17.8 Å². The zero-order chi connectivity index (χ0) is 32.9. The van der Waals surface area contributed by atoms with E-state index in [2.05, 4.69) is 120 Å². The van der Waals surface area contributed by atoms with Crippen LogP contribution < -0.4 is 5.32 Å². The Balaban J connectivity index is 1.19. The third-order valence-electron chi connectivity index (χ3n) is 9.80. The second kappa shape index (κ2) is 11.8. The predicted molar refractivity (Wildman–Crippen MR) is 201 cm³/mol. The number of nitrogens with two attached hydrogens (primary N) is 1. The highest BCUT2D eigenvalue weighted by molar-refractivity contribution is 7.26. The first-order chi connectivity index (χ1) is 24.2. The lowest BCUT2D eigenvalue weighted by molar-refractivity contribution is -0.602. The van der Waals surface area contributed by atoms with E-state index in [1.165, 1.54) is 64.3 Å². The molecule has 1 aliphatic heterocycles. The average Bonchev–Trinajstić information content (AvgIpc) is 3.56. The van der Waals surface area contributed by atoms with Gasteiger partial charge in [-0.05, 0) is 116 Å². The van der Waals surface area contributed by atoms with Crippen molar-refractivity contribution in [2.24, 2.45) is 0 Å². The molecule has 2 aromatic heterocycles. The van der Waals surface area contributed by atoms with Gasteiger partial charge in [0, 0.05) is 26.4 Å². The van der Waals surface area contributed by atoms with Crippen molar-refractivity contribution in [3.63, 3.8) is 0 Å². The van der Waals surface area contributed by atoms with Crippen molar-refractivity contribution in [2.75, 3.05) is 0 Å². The molecule has 2 aliphatic rings. The van der Waals surface area contributed by atoms with E-state index >= 15 is 0 Å². The highest BCUT2D eigenvalue weighted by Gasteiger charge is 2.22. The van der Waals surface area contributed by atoms with E-state index < -0.39 is 0 Å². The molecule has 0 radical (unpaired) electrons. The minimum Gasteiger partial charge on any atom is -0.302 e. The number of nitriles is 2. The standard InChI is InChI=1S/C44H28N4S/c45-25-33-21-31(17-19-47-33)27-9-13-29(14-10-27)39-23-41-43(37-7-3-1-5-35(37)39)44-38-8-4-2-6-36(38)40(24-42(44)49-41)30-15-11-28(12-16-30)32-18-20-48-34(22-32)26-46/h1-3,5-7,9-24,33,47H,4,8H2/p+1. The molecule has 9 rings (SSSR count). The van der Waals surface area contributed by atoms with Crippen LogP contribution in [-0.4, -0.2) is 11.0 Å². The van der Waals surface area contributed by atoms with Crippen LogP contribution in [-0.2, 0) is 6.42 Å². The Hall–Kier alpha value is -6.11.